The largest absolute Gasteiger partial charge is 0.370 e. The van der Waals surface area contributed by atoms with Crippen LogP contribution in [0.25, 0.3) is 11.0 Å². The van der Waals surface area contributed by atoms with Crippen LogP contribution in [0.3, 0.4) is 0 Å². The van der Waals surface area contributed by atoms with Crippen LogP contribution < -0.4 is 4.90 Å². The molecule has 4 heteroatoms. The Morgan fingerprint density at radius 1 is 0.719 bits per heavy atom. The molecule has 32 heavy (non-hydrogen) atoms. The summed E-state index contributed by atoms with van der Waals surface area (Å²) in [4.78, 5) is 2.27. The molecule has 0 aliphatic heterocycles. The van der Waals surface area contributed by atoms with Crippen LogP contribution in [0, 0.1) is 0 Å². The quantitative estimate of drug-likeness (QED) is 0.330. The fourth-order valence-electron chi connectivity index (χ4n) is 4.20. The zero-order chi connectivity index (χ0) is 21.8. The summed E-state index contributed by atoms with van der Waals surface area (Å²) >= 11 is 0. The SMILES string of the molecule is CN(Cc1ccccc1)c1ccc(C(Cc2ccccc2)n2nnc3ccccc32)cc1. The van der Waals surface area contributed by atoms with Crippen molar-refractivity contribution in [3.8, 4) is 0 Å². The molecule has 0 saturated carbocycles. The normalized spacial score (nSPS) is 12.0. The second-order valence-electron chi connectivity index (χ2n) is 8.16. The fraction of sp³-hybridized carbons (Fsp3) is 0.143. The number of fused-ring (bicyclic) bond motifs is 1. The summed E-state index contributed by atoms with van der Waals surface area (Å²) in [5.74, 6) is 0. The third kappa shape index (κ3) is 4.26. The lowest BCUT2D eigenvalue weighted by molar-refractivity contribution is 0.518. The number of aromatic nitrogens is 3. The lowest BCUT2D eigenvalue weighted by atomic mass is 9.98. The highest BCUT2D eigenvalue weighted by Gasteiger charge is 2.19. The Bertz CT molecular complexity index is 1280. The second-order valence-corrected chi connectivity index (χ2v) is 8.16. The molecule has 0 radical (unpaired) electrons. The first-order valence-corrected chi connectivity index (χ1v) is 11.0. The third-order valence-electron chi connectivity index (χ3n) is 5.93. The van der Waals surface area contributed by atoms with Crippen molar-refractivity contribution >= 4 is 16.7 Å². The Kier molecular flexibility index (Phi) is 5.67. The molecule has 1 unspecified atom stereocenters. The van der Waals surface area contributed by atoms with Crippen molar-refractivity contribution < 1.29 is 0 Å². The molecule has 0 amide bonds. The summed E-state index contributed by atoms with van der Waals surface area (Å²) in [6.45, 7) is 0.876. The number of benzene rings is 4. The Balaban J connectivity index is 1.46. The highest BCUT2D eigenvalue weighted by molar-refractivity contribution is 5.74. The molecule has 0 fully saturated rings. The predicted molar refractivity (Wildman–Crippen MR) is 131 cm³/mol. The van der Waals surface area contributed by atoms with Crippen molar-refractivity contribution in [2.45, 2.75) is 19.0 Å². The summed E-state index contributed by atoms with van der Waals surface area (Å²) in [6.07, 6.45) is 0.855. The fourth-order valence-corrected chi connectivity index (χ4v) is 4.20. The van der Waals surface area contributed by atoms with E-state index in [2.05, 4.69) is 118 Å². The lowest BCUT2D eigenvalue weighted by Gasteiger charge is -2.22. The van der Waals surface area contributed by atoms with Gasteiger partial charge in [0.25, 0.3) is 0 Å². The van der Waals surface area contributed by atoms with Crippen molar-refractivity contribution in [1.82, 2.24) is 15.0 Å². The zero-order valence-electron chi connectivity index (χ0n) is 18.2. The summed E-state index contributed by atoms with van der Waals surface area (Å²) in [6, 6.07) is 38.2. The first-order chi connectivity index (χ1) is 15.8. The van der Waals surface area contributed by atoms with E-state index in [0.717, 1.165) is 24.0 Å². The van der Waals surface area contributed by atoms with Gasteiger partial charge in [-0.2, -0.15) is 0 Å². The van der Waals surface area contributed by atoms with E-state index in [0.29, 0.717) is 0 Å². The van der Waals surface area contributed by atoms with E-state index >= 15 is 0 Å². The van der Waals surface area contributed by atoms with Gasteiger partial charge in [0, 0.05) is 19.3 Å². The minimum Gasteiger partial charge on any atom is -0.370 e. The van der Waals surface area contributed by atoms with Crippen molar-refractivity contribution in [1.29, 1.82) is 0 Å². The summed E-state index contributed by atoms with van der Waals surface area (Å²) in [7, 11) is 2.13. The Morgan fingerprint density at radius 2 is 1.34 bits per heavy atom. The molecule has 5 rings (SSSR count). The average Bonchev–Trinajstić information content (AvgIpc) is 3.28. The molecule has 1 aromatic heterocycles. The monoisotopic (exact) mass is 418 g/mol. The van der Waals surface area contributed by atoms with Gasteiger partial charge in [-0.15, -0.1) is 5.10 Å². The van der Waals surface area contributed by atoms with E-state index in [1.54, 1.807) is 0 Å². The maximum Gasteiger partial charge on any atom is 0.113 e. The first-order valence-electron chi connectivity index (χ1n) is 11.0. The number of nitrogens with zero attached hydrogens (tertiary/aromatic N) is 4. The zero-order valence-corrected chi connectivity index (χ0v) is 18.2. The third-order valence-corrected chi connectivity index (χ3v) is 5.93. The molecular formula is C28H26N4. The van der Waals surface area contributed by atoms with Gasteiger partial charge in [-0.05, 0) is 47.4 Å². The van der Waals surface area contributed by atoms with Gasteiger partial charge in [0.1, 0.15) is 5.52 Å². The molecule has 0 N–H and O–H groups in total. The molecule has 5 aromatic rings. The highest BCUT2D eigenvalue weighted by atomic mass is 15.4. The number of rotatable bonds is 7. The predicted octanol–water partition coefficient (Wildman–Crippen LogP) is 5.90. The van der Waals surface area contributed by atoms with Gasteiger partial charge in [0.05, 0.1) is 11.6 Å². The minimum absolute atomic E-state index is 0.0679. The van der Waals surface area contributed by atoms with Crippen molar-refractivity contribution in [3.05, 3.63) is 126 Å². The van der Waals surface area contributed by atoms with Crippen LogP contribution in [-0.4, -0.2) is 22.0 Å². The van der Waals surface area contributed by atoms with Crippen LogP contribution in [0.4, 0.5) is 5.69 Å². The maximum atomic E-state index is 4.54. The van der Waals surface area contributed by atoms with Gasteiger partial charge in [-0.1, -0.05) is 90.1 Å². The molecule has 1 atom stereocenters. The molecule has 158 valence electrons. The van der Waals surface area contributed by atoms with Crippen molar-refractivity contribution in [3.63, 3.8) is 0 Å². The maximum absolute atomic E-state index is 4.54. The van der Waals surface area contributed by atoms with E-state index in [9.17, 15) is 0 Å². The van der Waals surface area contributed by atoms with Crippen LogP contribution in [0.15, 0.2) is 109 Å². The van der Waals surface area contributed by atoms with E-state index in [-0.39, 0.29) is 6.04 Å². The molecule has 4 aromatic carbocycles. The van der Waals surface area contributed by atoms with Crippen LogP contribution in [0.1, 0.15) is 22.7 Å². The van der Waals surface area contributed by atoms with Gasteiger partial charge >= 0.3 is 0 Å². The van der Waals surface area contributed by atoms with E-state index < -0.39 is 0 Å². The molecule has 0 aliphatic rings. The smallest absolute Gasteiger partial charge is 0.113 e. The molecule has 1 heterocycles. The van der Waals surface area contributed by atoms with Gasteiger partial charge in [-0.3, -0.25) is 0 Å². The van der Waals surface area contributed by atoms with E-state index in [1.807, 2.05) is 18.2 Å². The standard InChI is InChI=1S/C28H26N4/c1-31(21-23-12-6-3-7-13-23)25-18-16-24(17-19-25)28(20-22-10-4-2-5-11-22)32-27-15-9-8-14-26(27)29-30-32/h2-19,28H,20-21H2,1H3. The molecule has 0 bridgehead atoms. The molecule has 4 nitrogen and oxygen atoms in total. The molecule has 0 spiro atoms. The van der Waals surface area contributed by atoms with Gasteiger partial charge in [0.15, 0.2) is 0 Å². The van der Waals surface area contributed by atoms with E-state index in [4.69, 9.17) is 0 Å². The Hall–Kier alpha value is -3.92. The minimum atomic E-state index is 0.0679. The first kappa shape index (κ1) is 20.0. The van der Waals surface area contributed by atoms with Gasteiger partial charge in [-0.25, -0.2) is 4.68 Å². The van der Waals surface area contributed by atoms with Crippen molar-refractivity contribution in [2.75, 3.05) is 11.9 Å². The summed E-state index contributed by atoms with van der Waals surface area (Å²) in [5.41, 5.74) is 6.97. The lowest BCUT2D eigenvalue weighted by Crippen LogP contribution is -2.17. The van der Waals surface area contributed by atoms with E-state index in [1.165, 1.54) is 22.4 Å². The van der Waals surface area contributed by atoms with Gasteiger partial charge < -0.3 is 4.90 Å². The second kappa shape index (κ2) is 9.06. The van der Waals surface area contributed by atoms with Crippen LogP contribution in [0.2, 0.25) is 0 Å². The Morgan fingerprint density at radius 3 is 2.06 bits per heavy atom. The van der Waals surface area contributed by atoms with Crippen LogP contribution in [-0.2, 0) is 13.0 Å². The highest BCUT2D eigenvalue weighted by Crippen LogP contribution is 2.28. The molecule has 0 aliphatic carbocycles. The average molecular weight is 419 g/mol. The number of hydrogen-bond donors (Lipinski definition) is 0. The number of para-hydroxylation sites is 1. The number of hydrogen-bond acceptors (Lipinski definition) is 3. The molecular weight excluding hydrogens is 392 g/mol. The summed E-state index contributed by atoms with van der Waals surface area (Å²) < 4.78 is 2.06. The summed E-state index contributed by atoms with van der Waals surface area (Å²) in [5, 5.41) is 8.94. The van der Waals surface area contributed by atoms with Gasteiger partial charge in [0.2, 0.25) is 0 Å². The van der Waals surface area contributed by atoms with Crippen molar-refractivity contribution in [2.24, 2.45) is 0 Å². The Labute approximate surface area is 188 Å². The topological polar surface area (TPSA) is 34.0 Å². The number of anilines is 1. The molecule has 0 saturated heterocycles. The van der Waals surface area contributed by atoms with Crippen LogP contribution in [0.5, 0.6) is 0 Å². The van der Waals surface area contributed by atoms with Crippen LogP contribution >= 0.6 is 0 Å².